The zero-order valence-corrected chi connectivity index (χ0v) is 12.9. The second-order valence-corrected chi connectivity index (χ2v) is 5.22. The van der Waals surface area contributed by atoms with Gasteiger partial charge in [0.25, 0.3) is 0 Å². The van der Waals surface area contributed by atoms with Gasteiger partial charge < -0.3 is 10.1 Å². The van der Waals surface area contributed by atoms with E-state index in [1.807, 2.05) is 0 Å². The van der Waals surface area contributed by atoms with Crippen LogP contribution in [0.4, 0.5) is 17.6 Å². The lowest BCUT2D eigenvalue weighted by atomic mass is 10.1. The summed E-state index contributed by atoms with van der Waals surface area (Å²) in [5.41, 5.74) is 0.166. The van der Waals surface area contributed by atoms with Gasteiger partial charge in [0.05, 0.1) is 6.42 Å². The summed E-state index contributed by atoms with van der Waals surface area (Å²) >= 11 is 5.82. The Bertz CT molecular complexity index is 714. The van der Waals surface area contributed by atoms with Crippen molar-refractivity contribution in [1.82, 2.24) is 5.32 Å². The Labute approximate surface area is 140 Å². The van der Waals surface area contributed by atoms with Gasteiger partial charge in [0.2, 0.25) is 5.91 Å². The van der Waals surface area contributed by atoms with Crippen LogP contribution in [0, 0.1) is 5.82 Å². The van der Waals surface area contributed by atoms with E-state index in [1.165, 1.54) is 36.4 Å². The molecule has 0 aromatic heterocycles. The maximum absolute atomic E-state index is 13.6. The van der Waals surface area contributed by atoms with E-state index >= 15 is 0 Å². The molecule has 0 aliphatic rings. The maximum Gasteiger partial charge on any atom is 0.573 e. The Morgan fingerprint density at radius 2 is 1.83 bits per heavy atom. The molecule has 2 aromatic rings. The number of carbonyl (C=O) groups excluding carboxylic acids is 1. The zero-order valence-electron chi connectivity index (χ0n) is 12.2. The minimum atomic E-state index is -4.83. The average Bonchev–Trinajstić information content (AvgIpc) is 2.49. The third kappa shape index (κ3) is 5.13. The SMILES string of the molecule is O=C(Cc1c(F)cccc1Cl)NCc1ccccc1OC(F)(F)F. The predicted octanol–water partition coefficient (Wildman–Crippen LogP) is 4.24. The summed E-state index contributed by atoms with van der Waals surface area (Å²) in [4.78, 5) is 11.9. The monoisotopic (exact) mass is 361 g/mol. The van der Waals surface area contributed by atoms with E-state index in [0.717, 1.165) is 6.07 Å². The molecule has 0 heterocycles. The van der Waals surface area contributed by atoms with E-state index in [-0.39, 0.29) is 29.1 Å². The Kier molecular flexibility index (Phi) is 5.66. The van der Waals surface area contributed by atoms with Crippen molar-refractivity contribution in [1.29, 1.82) is 0 Å². The number of hydrogen-bond acceptors (Lipinski definition) is 2. The van der Waals surface area contributed by atoms with Crippen molar-refractivity contribution in [2.45, 2.75) is 19.3 Å². The Balaban J connectivity index is 2.02. The molecule has 0 fully saturated rings. The van der Waals surface area contributed by atoms with Crippen LogP contribution < -0.4 is 10.1 Å². The van der Waals surface area contributed by atoms with Crippen LogP contribution in [-0.2, 0) is 17.8 Å². The second kappa shape index (κ2) is 7.53. The van der Waals surface area contributed by atoms with E-state index in [2.05, 4.69) is 10.1 Å². The second-order valence-electron chi connectivity index (χ2n) is 4.81. The number of hydrogen-bond donors (Lipinski definition) is 1. The normalized spacial score (nSPS) is 11.2. The first kappa shape index (κ1) is 18.1. The van der Waals surface area contributed by atoms with Gasteiger partial charge in [0.15, 0.2) is 0 Å². The molecule has 0 aliphatic heterocycles. The number of alkyl halides is 3. The van der Waals surface area contributed by atoms with E-state index in [1.54, 1.807) is 0 Å². The van der Waals surface area contributed by atoms with Crippen LogP contribution in [0.3, 0.4) is 0 Å². The van der Waals surface area contributed by atoms with Crippen LogP contribution in [0.15, 0.2) is 42.5 Å². The lowest BCUT2D eigenvalue weighted by molar-refractivity contribution is -0.274. The van der Waals surface area contributed by atoms with Gasteiger partial charge in [0.1, 0.15) is 11.6 Å². The van der Waals surface area contributed by atoms with Crippen molar-refractivity contribution in [2.24, 2.45) is 0 Å². The van der Waals surface area contributed by atoms with Gasteiger partial charge in [-0.3, -0.25) is 4.79 Å². The largest absolute Gasteiger partial charge is 0.573 e. The van der Waals surface area contributed by atoms with Gasteiger partial charge >= 0.3 is 6.36 Å². The Hall–Kier alpha value is -2.28. The molecule has 1 amide bonds. The molecule has 0 aliphatic carbocycles. The third-order valence-electron chi connectivity index (χ3n) is 3.07. The zero-order chi connectivity index (χ0) is 17.7. The number of ether oxygens (including phenoxy) is 1. The molecule has 3 nitrogen and oxygen atoms in total. The van der Waals surface area contributed by atoms with E-state index in [0.29, 0.717) is 0 Å². The highest BCUT2D eigenvalue weighted by Crippen LogP contribution is 2.26. The number of benzene rings is 2. The number of amides is 1. The van der Waals surface area contributed by atoms with Gasteiger partial charge in [-0.25, -0.2) is 4.39 Å². The summed E-state index contributed by atoms with van der Waals surface area (Å²) in [6.07, 6.45) is -5.16. The molecule has 2 aromatic carbocycles. The first-order chi connectivity index (χ1) is 11.3. The van der Waals surface area contributed by atoms with Crippen LogP contribution >= 0.6 is 11.6 Å². The fourth-order valence-electron chi connectivity index (χ4n) is 1.99. The lowest BCUT2D eigenvalue weighted by Gasteiger charge is -2.14. The van der Waals surface area contributed by atoms with Gasteiger partial charge in [-0.05, 0) is 18.2 Å². The molecule has 128 valence electrons. The number of carbonyl (C=O) groups is 1. The molecule has 0 saturated carbocycles. The molecule has 0 unspecified atom stereocenters. The maximum atomic E-state index is 13.6. The third-order valence-corrected chi connectivity index (χ3v) is 3.43. The number of nitrogens with one attached hydrogen (secondary N) is 1. The minimum absolute atomic E-state index is 0.0245. The van der Waals surface area contributed by atoms with E-state index in [9.17, 15) is 22.4 Å². The molecule has 2 rings (SSSR count). The summed E-state index contributed by atoms with van der Waals surface area (Å²) in [5, 5.41) is 2.52. The predicted molar refractivity (Wildman–Crippen MR) is 80.1 cm³/mol. The van der Waals surface area contributed by atoms with Crippen LogP contribution in [0.25, 0.3) is 0 Å². The van der Waals surface area contributed by atoms with Gasteiger partial charge in [-0.2, -0.15) is 0 Å². The van der Waals surface area contributed by atoms with Crippen LogP contribution in [0.5, 0.6) is 5.75 Å². The van der Waals surface area contributed by atoms with Crippen molar-refractivity contribution in [2.75, 3.05) is 0 Å². The smallest absolute Gasteiger partial charge is 0.405 e. The van der Waals surface area contributed by atoms with E-state index < -0.39 is 23.8 Å². The van der Waals surface area contributed by atoms with Crippen LogP contribution in [0.2, 0.25) is 5.02 Å². The highest BCUT2D eigenvalue weighted by Gasteiger charge is 2.32. The topological polar surface area (TPSA) is 38.3 Å². The summed E-state index contributed by atoms with van der Waals surface area (Å²) in [6.45, 7) is -0.197. The summed E-state index contributed by atoms with van der Waals surface area (Å²) in [7, 11) is 0. The molecule has 8 heteroatoms. The summed E-state index contributed by atoms with van der Waals surface area (Å²) in [6, 6.07) is 9.44. The first-order valence-corrected chi connectivity index (χ1v) is 7.17. The average molecular weight is 362 g/mol. The van der Waals surface area contributed by atoms with Crippen molar-refractivity contribution >= 4 is 17.5 Å². The van der Waals surface area contributed by atoms with Crippen molar-refractivity contribution in [3.63, 3.8) is 0 Å². The summed E-state index contributed by atoms with van der Waals surface area (Å²) < 4.78 is 54.5. The van der Waals surface area contributed by atoms with Gasteiger partial charge in [-0.1, -0.05) is 35.9 Å². The minimum Gasteiger partial charge on any atom is -0.405 e. The molecule has 0 radical (unpaired) electrons. The Morgan fingerprint density at radius 3 is 2.50 bits per heavy atom. The molecule has 0 bridgehead atoms. The molecular weight excluding hydrogens is 350 g/mol. The molecule has 0 saturated heterocycles. The molecular formula is C16H12ClF4NO2. The number of rotatable bonds is 5. The molecule has 0 atom stereocenters. The van der Waals surface area contributed by atoms with Crippen molar-refractivity contribution < 1.29 is 27.1 Å². The van der Waals surface area contributed by atoms with Crippen molar-refractivity contribution in [3.8, 4) is 5.75 Å². The quantitative estimate of drug-likeness (QED) is 0.809. The highest BCUT2D eigenvalue weighted by molar-refractivity contribution is 6.31. The fourth-order valence-corrected chi connectivity index (χ4v) is 2.22. The number of para-hydroxylation sites is 1. The summed E-state index contributed by atoms with van der Waals surface area (Å²) in [5.74, 6) is -1.61. The highest BCUT2D eigenvalue weighted by atomic mass is 35.5. The van der Waals surface area contributed by atoms with Crippen LogP contribution in [0.1, 0.15) is 11.1 Å². The van der Waals surface area contributed by atoms with Crippen LogP contribution in [-0.4, -0.2) is 12.3 Å². The molecule has 0 spiro atoms. The molecule has 1 N–H and O–H groups in total. The van der Waals surface area contributed by atoms with Gasteiger partial charge in [0, 0.05) is 22.7 Å². The van der Waals surface area contributed by atoms with Crippen molar-refractivity contribution in [3.05, 3.63) is 64.4 Å². The first-order valence-electron chi connectivity index (χ1n) is 6.79. The van der Waals surface area contributed by atoms with Gasteiger partial charge in [-0.15, -0.1) is 13.2 Å². The standard InChI is InChI=1S/C16H12ClF4NO2/c17-12-5-3-6-13(18)11(12)8-15(23)22-9-10-4-1-2-7-14(10)24-16(19,20)21/h1-7H,8-9H2,(H,22,23). The number of halogens is 5. The van der Waals surface area contributed by atoms with E-state index in [4.69, 9.17) is 11.6 Å². The molecule has 24 heavy (non-hydrogen) atoms. The lowest BCUT2D eigenvalue weighted by Crippen LogP contribution is -2.26. The Morgan fingerprint density at radius 1 is 1.12 bits per heavy atom. The fraction of sp³-hybridized carbons (Fsp3) is 0.188.